The minimum atomic E-state index is -0.677. The zero-order chi connectivity index (χ0) is 16.5. The molecule has 5 heteroatoms. The predicted octanol–water partition coefficient (Wildman–Crippen LogP) is 3.80. The molecule has 1 aromatic rings. The lowest BCUT2D eigenvalue weighted by atomic mass is 10.0. The van der Waals surface area contributed by atoms with Gasteiger partial charge in [-0.25, -0.2) is 9.18 Å². The molecule has 0 saturated heterocycles. The SMILES string of the molecule is CC(C(=O)c1cccc(F)c1)N(C(=O)OC(C)(C)C)C1CC1. The standard InChI is InChI=1S/C17H22FNO3/c1-11(15(20)12-6-5-7-13(18)10-12)19(14-8-9-14)16(21)22-17(2,3)4/h5-7,10-11,14H,8-9H2,1-4H3. The van der Waals surface area contributed by atoms with Crippen LogP contribution < -0.4 is 0 Å². The van der Waals surface area contributed by atoms with Gasteiger partial charge in [0.25, 0.3) is 0 Å². The summed E-state index contributed by atoms with van der Waals surface area (Å²) in [5, 5.41) is 0. The van der Waals surface area contributed by atoms with Gasteiger partial charge in [-0.1, -0.05) is 12.1 Å². The Bertz CT molecular complexity index is 576. The van der Waals surface area contributed by atoms with Crippen LogP contribution in [0.4, 0.5) is 9.18 Å². The van der Waals surface area contributed by atoms with Crippen molar-refractivity contribution in [2.24, 2.45) is 0 Å². The fourth-order valence-electron chi connectivity index (χ4n) is 2.30. The average molecular weight is 307 g/mol. The third kappa shape index (κ3) is 4.06. The highest BCUT2D eigenvalue weighted by Crippen LogP contribution is 2.31. The molecule has 1 atom stereocenters. The van der Waals surface area contributed by atoms with Gasteiger partial charge in [0.05, 0.1) is 6.04 Å². The van der Waals surface area contributed by atoms with Crippen LogP contribution in [-0.4, -0.2) is 34.5 Å². The van der Waals surface area contributed by atoms with Gasteiger partial charge in [-0.15, -0.1) is 0 Å². The van der Waals surface area contributed by atoms with Crippen LogP contribution in [-0.2, 0) is 4.74 Å². The molecule has 1 unspecified atom stereocenters. The predicted molar refractivity (Wildman–Crippen MR) is 81.3 cm³/mol. The Hall–Kier alpha value is -1.91. The summed E-state index contributed by atoms with van der Waals surface area (Å²) in [5.41, 5.74) is -0.354. The Kier molecular flexibility index (Phi) is 4.54. The van der Waals surface area contributed by atoms with Gasteiger partial charge in [0.15, 0.2) is 5.78 Å². The van der Waals surface area contributed by atoms with Crippen LogP contribution in [0.15, 0.2) is 24.3 Å². The number of amides is 1. The summed E-state index contributed by atoms with van der Waals surface area (Å²) in [6, 6.07) is 4.88. The first kappa shape index (κ1) is 16.5. The number of hydrogen-bond acceptors (Lipinski definition) is 3. The molecule has 1 aliphatic rings. The molecule has 2 rings (SSSR count). The van der Waals surface area contributed by atoms with Gasteiger partial charge < -0.3 is 4.74 Å². The van der Waals surface area contributed by atoms with E-state index in [0.717, 1.165) is 12.8 Å². The second-order valence-corrected chi connectivity index (χ2v) is 6.67. The number of halogens is 1. The first-order chi connectivity index (χ1) is 10.2. The molecule has 0 N–H and O–H groups in total. The minimum absolute atomic E-state index is 0.0300. The molecule has 0 bridgehead atoms. The lowest BCUT2D eigenvalue weighted by Gasteiger charge is -2.31. The van der Waals surface area contributed by atoms with E-state index in [1.54, 1.807) is 33.8 Å². The molecule has 0 spiro atoms. The van der Waals surface area contributed by atoms with Crippen LogP contribution in [0.5, 0.6) is 0 Å². The zero-order valence-corrected chi connectivity index (χ0v) is 13.4. The molecule has 22 heavy (non-hydrogen) atoms. The Morgan fingerprint density at radius 3 is 2.45 bits per heavy atom. The van der Waals surface area contributed by atoms with Crippen molar-refractivity contribution < 1.29 is 18.7 Å². The average Bonchev–Trinajstić information content (AvgIpc) is 3.20. The largest absolute Gasteiger partial charge is 0.444 e. The monoisotopic (exact) mass is 307 g/mol. The molecular weight excluding hydrogens is 285 g/mol. The number of ketones is 1. The van der Waals surface area contributed by atoms with E-state index in [-0.39, 0.29) is 17.4 Å². The van der Waals surface area contributed by atoms with Gasteiger partial charge in [0, 0.05) is 11.6 Å². The molecule has 0 heterocycles. The summed E-state index contributed by atoms with van der Waals surface area (Å²) in [5.74, 6) is -0.745. The first-order valence-electron chi connectivity index (χ1n) is 7.50. The summed E-state index contributed by atoms with van der Waals surface area (Å²) in [6.07, 6.45) is 1.23. The summed E-state index contributed by atoms with van der Waals surface area (Å²) >= 11 is 0. The molecule has 120 valence electrons. The van der Waals surface area contributed by atoms with E-state index >= 15 is 0 Å². The summed E-state index contributed by atoms with van der Waals surface area (Å²) < 4.78 is 18.7. The quantitative estimate of drug-likeness (QED) is 0.795. The van der Waals surface area contributed by atoms with E-state index in [0.29, 0.717) is 0 Å². The topological polar surface area (TPSA) is 46.6 Å². The van der Waals surface area contributed by atoms with E-state index < -0.39 is 23.6 Å². The molecule has 0 aliphatic heterocycles. The van der Waals surface area contributed by atoms with E-state index in [1.807, 2.05) is 0 Å². The van der Waals surface area contributed by atoms with Crippen molar-refractivity contribution in [1.29, 1.82) is 0 Å². The normalized spacial score (nSPS) is 16.0. The number of carbonyl (C=O) groups excluding carboxylic acids is 2. The Morgan fingerprint density at radius 1 is 1.32 bits per heavy atom. The number of ether oxygens (including phenoxy) is 1. The van der Waals surface area contributed by atoms with Gasteiger partial charge in [-0.2, -0.15) is 0 Å². The maximum absolute atomic E-state index is 13.3. The van der Waals surface area contributed by atoms with E-state index in [1.165, 1.54) is 23.1 Å². The Balaban J connectivity index is 2.18. The van der Waals surface area contributed by atoms with Crippen LogP contribution in [0.25, 0.3) is 0 Å². The smallest absolute Gasteiger partial charge is 0.411 e. The second kappa shape index (κ2) is 6.07. The maximum atomic E-state index is 13.3. The number of hydrogen-bond donors (Lipinski definition) is 0. The molecule has 4 nitrogen and oxygen atoms in total. The van der Waals surface area contributed by atoms with E-state index in [4.69, 9.17) is 4.74 Å². The van der Waals surface area contributed by atoms with Crippen LogP contribution >= 0.6 is 0 Å². The molecular formula is C17H22FNO3. The summed E-state index contributed by atoms with van der Waals surface area (Å²) in [6.45, 7) is 7.02. The van der Waals surface area contributed by atoms with E-state index in [9.17, 15) is 14.0 Å². The summed E-state index contributed by atoms with van der Waals surface area (Å²) in [7, 11) is 0. The third-order valence-corrected chi connectivity index (χ3v) is 3.45. The van der Waals surface area contributed by atoms with Crippen molar-refractivity contribution in [3.8, 4) is 0 Å². The van der Waals surface area contributed by atoms with Crippen LogP contribution in [0.2, 0.25) is 0 Å². The Morgan fingerprint density at radius 2 is 1.95 bits per heavy atom. The highest BCUT2D eigenvalue weighted by atomic mass is 19.1. The number of carbonyl (C=O) groups is 2. The van der Waals surface area contributed by atoms with Crippen molar-refractivity contribution in [2.45, 2.75) is 58.2 Å². The van der Waals surface area contributed by atoms with Crippen LogP contribution in [0, 0.1) is 5.82 Å². The Labute approximate surface area is 130 Å². The maximum Gasteiger partial charge on any atom is 0.411 e. The number of benzene rings is 1. The van der Waals surface area contributed by atoms with Crippen molar-refractivity contribution >= 4 is 11.9 Å². The van der Waals surface area contributed by atoms with Gasteiger partial charge >= 0.3 is 6.09 Å². The van der Waals surface area contributed by atoms with Crippen molar-refractivity contribution in [2.75, 3.05) is 0 Å². The fraction of sp³-hybridized carbons (Fsp3) is 0.529. The van der Waals surface area contributed by atoms with Gasteiger partial charge in [0.1, 0.15) is 11.4 Å². The van der Waals surface area contributed by atoms with Crippen molar-refractivity contribution in [1.82, 2.24) is 4.90 Å². The van der Waals surface area contributed by atoms with Crippen molar-refractivity contribution in [3.05, 3.63) is 35.6 Å². The molecule has 1 saturated carbocycles. The number of nitrogens with zero attached hydrogens (tertiary/aromatic N) is 1. The van der Waals surface area contributed by atoms with Gasteiger partial charge in [0.2, 0.25) is 0 Å². The molecule has 1 aromatic carbocycles. The number of Topliss-reactive ketones (excluding diaryl/α,β-unsaturated/α-hetero) is 1. The van der Waals surface area contributed by atoms with Crippen LogP contribution in [0.3, 0.4) is 0 Å². The zero-order valence-electron chi connectivity index (χ0n) is 13.4. The molecule has 0 aromatic heterocycles. The third-order valence-electron chi connectivity index (χ3n) is 3.45. The minimum Gasteiger partial charge on any atom is -0.444 e. The molecule has 1 aliphatic carbocycles. The number of rotatable bonds is 4. The van der Waals surface area contributed by atoms with Gasteiger partial charge in [-0.3, -0.25) is 9.69 Å². The van der Waals surface area contributed by atoms with Crippen molar-refractivity contribution in [3.63, 3.8) is 0 Å². The second-order valence-electron chi connectivity index (χ2n) is 6.67. The summed E-state index contributed by atoms with van der Waals surface area (Å²) in [4.78, 5) is 26.4. The fourth-order valence-corrected chi connectivity index (χ4v) is 2.30. The lowest BCUT2D eigenvalue weighted by Crippen LogP contribution is -2.47. The first-order valence-corrected chi connectivity index (χ1v) is 7.50. The highest BCUT2D eigenvalue weighted by molar-refractivity contribution is 6.01. The molecule has 1 amide bonds. The lowest BCUT2D eigenvalue weighted by molar-refractivity contribution is 0.0156. The highest BCUT2D eigenvalue weighted by Gasteiger charge is 2.40. The van der Waals surface area contributed by atoms with Gasteiger partial charge in [-0.05, 0) is 52.7 Å². The van der Waals surface area contributed by atoms with Crippen LogP contribution in [0.1, 0.15) is 50.9 Å². The van der Waals surface area contributed by atoms with E-state index in [2.05, 4.69) is 0 Å². The molecule has 0 radical (unpaired) electrons. The molecule has 1 fully saturated rings.